The molecule has 0 aromatic carbocycles. The molecule has 1 amide bonds. The highest BCUT2D eigenvalue weighted by molar-refractivity contribution is 5.98. The molecule has 0 bridgehead atoms. The van der Waals surface area contributed by atoms with Crippen molar-refractivity contribution in [3.05, 3.63) is 36.7 Å². The Kier molecular flexibility index (Phi) is 10.1. The van der Waals surface area contributed by atoms with Gasteiger partial charge in [0.05, 0.1) is 48.1 Å². The molecule has 3 saturated carbocycles. The quantitative estimate of drug-likeness (QED) is 0.298. The number of likely N-dealkylation sites (N-methyl/N-ethyl adjacent to an activating group) is 1. The SMILES string of the molecule is C=CNCCCNC(=O)C1=CN2C3CC4OC5CCCCC5C4CC3OC3C(NCCCN4CCN(C)CC4)C(F)CC(C1=C)C32. The zero-order valence-electron chi connectivity index (χ0n) is 27.9. The third kappa shape index (κ3) is 6.41. The van der Waals surface area contributed by atoms with E-state index in [0.29, 0.717) is 36.5 Å². The number of ether oxygens (including phenoxy) is 2. The minimum absolute atomic E-state index is 0.00395. The van der Waals surface area contributed by atoms with E-state index in [1.807, 2.05) is 0 Å². The summed E-state index contributed by atoms with van der Waals surface area (Å²) in [6.45, 7) is 15.7. The Bertz CT molecular complexity index is 1140. The first-order chi connectivity index (χ1) is 22.4. The van der Waals surface area contributed by atoms with Gasteiger partial charge in [0.1, 0.15) is 6.17 Å². The molecule has 4 heterocycles. The number of amides is 1. The molecule has 9 nitrogen and oxygen atoms in total. The molecule has 10 heteroatoms. The number of piperazine rings is 1. The molecule has 0 spiro atoms. The van der Waals surface area contributed by atoms with Crippen LogP contribution in [0.15, 0.2) is 36.7 Å². The van der Waals surface area contributed by atoms with E-state index in [2.05, 4.69) is 57.1 Å². The zero-order valence-corrected chi connectivity index (χ0v) is 27.9. The summed E-state index contributed by atoms with van der Waals surface area (Å²) >= 11 is 0. The summed E-state index contributed by atoms with van der Waals surface area (Å²) in [5, 5.41) is 9.84. The van der Waals surface area contributed by atoms with Crippen LogP contribution < -0.4 is 16.0 Å². The average Bonchev–Trinajstić information content (AvgIpc) is 3.42. The van der Waals surface area contributed by atoms with E-state index in [0.717, 1.165) is 77.1 Å². The Morgan fingerprint density at radius 2 is 1.83 bits per heavy atom. The molecule has 3 N–H and O–H groups in total. The Balaban J connectivity index is 1.09. The van der Waals surface area contributed by atoms with Gasteiger partial charge in [0.15, 0.2) is 0 Å². The molecule has 11 unspecified atom stereocenters. The summed E-state index contributed by atoms with van der Waals surface area (Å²) in [5.41, 5.74) is 1.36. The first-order valence-electron chi connectivity index (χ1n) is 18.3. The Morgan fingerprint density at radius 3 is 2.65 bits per heavy atom. The van der Waals surface area contributed by atoms with Crippen molar-refractivity contribution in [2.24, 2.45) is 17.8 Å². The monoisotopic (exact) mass is 640 g/mol. The van der Waals surface area contributed by atoms with Crippen LogP contribution in [0.5, 0.6) is 0 Å². The molecule has 7 aliphatic rings. The summed E-state index contributed by atoms with van der Waals surface area (Å²) in [6.07, 6.45) is 12.0. The second kappa shape index (κ2) is 14.2. The predicted octanol–water partition coefficient (Wildman–Crippen LogP) is 2.81. The fourth-order valence-electron chi connectivity index (χ4n) is 10.0. The predicted molar refractivity (Wildman–Crippen MR) is 178 cm³/mol. The highest BCUT2D eigenvalue weighted by Gasteiger charge is 2.60. The zero-order chi connectivity index (χ0) is 31.8. The van der Waals surface area contributed by atoms with Gasteiger partial charge in [-0.25, -0.2) is 4.39 Å². The van der Waals surface area contributed by atoms with Gasteiger partial charge in [-0.1, -0.05) is 26.0 Å². The number of carbonyl (C=O) groups is 1. The number of rotatable bonds is 11. The lowest BCUT2D eigenvalue weighted by molar-refractivity contribution is -0.205. The summed E-state index contributed by atoms with van der Waals surface area (Å²) in [7, 11) is 2.18. The van der Waals surface area contributed by atoms with E-state index in [-0.39, 0.29) is 48.3 Å². The molecular weight excluding hydrogens is 583 g/mol. The van der Waals surface area contributed by atoms with E-state index in [1.165, 1.54) is 25.7 Å². The van der Waals surface area contributed by atoms with Crippen LogP contribution >= 0.6 is 0 Å². The summed E-state index contributed by atoms with van der Waals surface area (Å²) in [6, 6.07) is -0.289. The summed E-state index contributed by atoms with van der Waals surface area (Å²) in [5.74, 6) is 0.848. The summed E-state index contributed by atoms with van der Waals surface area (Å²) < 4.78 is 30.2. The number of hydrogen-bond acceptors (Lipinski definition) is 8. The normalized spacial score (nSPS) is 40.7. The number of nitrogens with zero attached hydrogens (tertiary/aromatic N) is 3. The molecule has 0 radical (unpaired) electrons. The van der Waals surface area contributed by atoms with Gasteiger partial charge in [-0.3, -0.25) is 4.79 Å². The number of carbonyl (C=O) groups excluding carboxylic acids is 1. The molecule has 7 rings (SSSR count). The fourth-order valence-corrected chi connectivity index (χ4v) is 10.0. The second-order valence-electron chi connectivity index (χ2n) is 15.1. The number of hydrogen-bond donors (Lipinski definition) is 3. The molecule has 4 aliphatic heterocycles. The number of halogens is 1. The molecule has 6 fully saturated rings. The summed E-state index contributed by atoms with van der Waals surface area (Å²) in [4.78, 5) is 20.9. The number of alkyl halides is 1. The lowest BCUT2D eigenvalue weighted by Crippen LogP contribution is -2.72. The van der Waals surface area contributed by atoms with Gasteiger partial charge in [-0.05, 0) is 88.7 Å². The van der Waals surface area contributed by atoms with E-state index < -0.39 is 6.17 Å². The van der Waals surface area contributed by atoms with E-state index >= 15 is 4.39 Å². The standard InChI is InChI=1S/C36H57FN6O3/c1-4-38-11-7-12-40-36(44)27-22-43-29-21-31-26(24-9-5-6-10-30(24)45-31)20-32(29)46-35-33(28(37)19-25(23(27)2)34(35)43)39-13-8-14-42-17-15-41(3)16-18-42/h4,22,24-26,28-35,38-39H,1-2,5-21H2,3H3,(H,40,44). The van der Waals surface area contributed by atoms with Crippen LogP contribution in [0.4, 0.5) is 4.39 Å². The molecule has 0 aromatic heterocycles. The maximum absolute atomic E-state index is 16.3. The van der Waals surface area contributed by atoms with Crippen molar-refractivity contribution in [2.75, 3.05) is 59.4 Å². The van der Waals surface area contributed by atoms with Crippen molar-refractivity contribution in [1.29, 1.82) is 0 Å². The van der Waals surface area contributed by atoms with Gasteiger partial charge >= 0.3 is 0 Å². The van der Waals surface area contributed by atoms with Gasteiger partial charge in [-0.15, -0.1) is 0 Å². The lowest BCUT2D eigenvalue weighted by Gasteiger charge is -2.61. The third-order valence-corrected chi connectivity index (χ3v) is 12.4. The van der Waals surface area contributed by atoms with Crippen LogP contribution in [0.2, 0.25) is 0 Å². The highest BCUT2D eigenvalue weighted by atomic mass is 19.1. The van der Waals surface area contributed by atoms with E-state index in [4.69, 9.17) is 9.47 Å². The smallest absolute Gasteiger partial charge is 0.253 e. The lowest BCUT2D eigenvalue weighted by atomic mass is 9.66. The molecule has 11 atom stereocenters. The van der Waals surface area contributed by atoms with Gasteiger partial charge in [0.2, 0.25) is 0 Å². The second-order valence-corrected chi connectivity index (χ2v) is 15.1. The number of nitrogens with one attached hydrogen (secondary N) is 3. The van der Waals surface area contributed by atoms with Crippen molar-refractivity contribution in [3.8, 4) is 0 Å². The van der Waals surface area contributed by atoms with Gasteiger partial charge in [-0.2, -0.15) is 0 Å². The molecule has 0 aromatic rings. The Labute approximate surface area is 275 Å². The van der Waals surface area contributed by atoms with E-state index in [1.54, 1.807) is 6.20 Å². The Morgan fingerprint density at radius 1 is 1.00 bits per heavy atom. The Hall–Kier alpha value is -1.98. The topological polar surface area (TPSA) is 81.3 Å². The fraction of sp³-hybridized carbons (Fsp3) is 0.806. The van der Waals surface area contributed by atoms with Crippen molar-refractivity contribution in [3.63, 3.8) is 0 Å². The van der Waals surface area contributed by atoms with Crippen LogP contribution in [0, 0.1) is 17.8 Å². The van der Waals surface area contributed by atoms with Gasteiger partial charge < -0.3 is 40.1 Å². The maximum atomic E-state index is 16.3. The van der Waals surface area contributed by atoms with Crippen LogP contribution in [-0.4, -0.2) is 129 Å². The highest BCUT2D eigenvalue weighted by Crippen LogP contribution is 2.53. The largest absolute Gasteiger partial charge is 0.391 e. The molecule has 46 heavy (non-hydrogen) atoms. The number of morpholine rings is 1. The number of fused-ring (bicyclic) bond motifs is 5. The molecular formula is C36H57FN6O3. The third-order valence-electron chi connectivity index (χ3n) is 12.4. The van der Waals surface area contributed by atoms with Crippen LogP contribution in [0.1, 0.15) is 57.8 Å². The van der Waals surface area contributed by atoms with Crippen molar-refractivity contribution in [1.82, 2.24) is 30.7 Å². The molecule has 3 saturated heterocycles. The maximum Gasteiger partial charge on any atom is 0.253 e. The van der Waals surface area contributed by atoms with Crippen molar-refractivity contribution < 1.29 is 18.7 Å². The minimum atomic E-state index is -1.06. The first kappa shape index (κ1) is 32.6. The van der Waals surface area contributed by atoms with Crippen LogP contribution in [0.25, 0.3) is 0 Å². The first-order valence-corrected chi connectivity index (χ1v) is 18.3. The van der Waals surface area contributed by atoms with Crippen LogP contribution in [-0.2, 0) is 14.3 Å². The van der Waals surface area contributed by atoms with Crippen LogP contribution in [0.3, 0.4) is 0 Å². The average molecular weight is 641 g/mol. The van der Waals surface area contributed by atoms with Gasteiger partial charge in [0, 0.05) is 51.4 Å². The molecule has 3 aliphatic carbocycles. The van der Waals surface area contributed by atoms with Crippen molar-refractivity contribution in [2.45, 2.75) is 107 Å². The molecule has 256 valence electrons. The van der Waals surface area contributed by atoms with E-state index in [9.17, 15) is 4.79 Å². The van der Waals surface area contributed by atoms with Crippen molar-refractivity contribution >= 4 is 5.91 Å². The van der Waals surface area contributed by atoms with Gasteiger partial charge in [0.25, 0.3) is 5.91 Å². The minimum Gasteiger partial charge on any atom is -0.391 e.